The molecule has 1 aliphatic heterocycles. The predicted molar refractivity (Wildman–Crippen MR) is 113 cm³/mol. The SMILES string of the molecule is NC(=NCCCN1CCOCC1)NCCSCCOc1cccc(Br)c1. The summed E-state index contributed by atoms with van der Waals surface area (Å²) in [6, 6.07) is 7.90. The van der Waals surface area contributed by atoms with Gasteiger partial charge in [0, 0.05) is 48.7 Å². The molecule has 6 nitrogen and oxygen atoms in total. The second-order valence-corrected chi connectivity index (χ2v) is 8.06. The Balaban J connectivity index is 1.42. The van der Waals surface area contributed by atoms with E-state index < -0.39 is 0 Å². The van der Waals surface area contributed by atoms with Crippen molar-refractivity contribution in [2.45, 2.75) is 6.42 Å². The van der Waals surface area contributed by atoms with Gasteiger partial charge < -0.3 is 20.5 Å². The number of benzene rings is 1. The Morgan fingerprint density at radius 2 is 2.19 bits per heavy atom. The van der Waals surface area contributed by atoms with E-state index in [9.17, 15) is 0 Å². The quantitative estimate of drug-likeness (QED) is 0.309. The summed E-state index contributed by atoms with van der Waals surface area (Å²) in [5, 5.41) is 3.16. The van der Waals surface area contributed by atoms with Crippen molar-refractivity contribution in [3.05, 3.63) is 28.7 Å². The van der Waals surface area contributed by atoms with E-state index >= 15 is 0 Å². The average Bonchev–Trinajstić information content (AvgIpc) is 2.65. The van der Waals surface area contributed by atoms with Gasteiger partial charge in [-0.2, -0.15) is 11.8 Å². The van der Waals surface area contributed by atoms with Crippen molar-refractivity contribution >= 4 is 33.7 Å². The van der Waals surface area contributed by atoms with Crippen LogP contribution in [0.2, 0.25) is 0 Å². The molecule has 0 saturated carbocycles. The summed E-state index contributed by atoms with van der Waals surface area (Å²) in [5.41, 5.74) is 5.89. The van der Waals surface area contributed by atoms with Crippen molar-refractivity contribution in [2.24, 2.45) is 10.7 Å². The largest absolute Gasteiger partial charge is 0.493 e. The summed E-state index contributed by atoms with van der Waals surface area (Å²) in [6.45, 7) is 7.10. The summed E-state index contributed by atoms with van der Waals surface area (Å²) < 4.78 is 12.1. The minimum Gasteiger partial charge on any atom is -0.493 e. The Bertz CT molecular complexity index is 542. The maximum Gasteiger partial charge on any atom is 0.188 e. The van der Waals surface area contributed by atoms with Crippen molar-refractivity contribution in [3.63, 3.8) is 0 Å². The van der Waals surface area contributed by atoms with Crippen LogP contribution in [0.15, 0.2) is 33.7 Å². The van der Waals surface area contributed by atoms with Crippen molar-refractivity contribution in [1.29, 1.82) is 0 Å². The molecular weight excluding hydrogens is 416 g/mol. The molecule has 0 aromatic heterocycles. The van der Waals surface area contributed by atoms with Gasteiger partial charge in [-0.05, 0) is 24.6 Å². The number of morpholine rings is 1. The third-order valence-corrected chi connectivity index (χ3v) is 5.30. The van der Waals surface area contributed by atoms with Crippen LogP contribution in [0.5, 0.6) is 5.75 Å². The molecule has 1 aromatic rings. The molecule has 146 valence electrons. The van der Waals surface area contributed by atoms with Crippen LogP contribution in [0.4, 0.5) is 0 Å². The molecule has 1 fully saturated rings. The fourth-order valence-corrected chi connectivity index (χ4v) is 3.53. The van der Waals surface area contributed by atoms with Crippen molar-refractivity contribution in [3.8, 4) is 5.75 Å². The molecule has 1 aromatic carbocycles. The molecule has 0 spiro atoms. The number of hydrogen-bond donors (Lipinski definition) is 2. The van der Waals surface area contributed by atoms with Crippen LogP contribution >= 0.6 is 27.7 Å². The lowest BCUT2D eigenvalue weighted by molar-refractivity contribution is 0.0377. The zero-order chi connectivity index (χ0) is 18.5. The van der Waals surface area contributed by atoms with E-state index in [1.54, 1.807) is 0 Å². The van der Waals surface area contributed by atoms with E-state index in [4.69, 9.17) is 15.2 Å². The number of halogens is 1. The topological polar surface area (TPSA) is 72.1 Å². The van der Waals surface area contributed by atoms with Gasteiger partial charge >= 0.3 is 0 Å². The van der Waals surface area contributed by atoms with Crippen LogP contribution in [-0.2, 0) is 4.74 Å². The van der Waals surface area contributed by atoms with Crippen LogP contribution in [0, 0.1) is 0 Å². The summed E-state index contributed by atoms with van der Waals surface area (Å²) in [5.74, 6) is 3.36. The molecule has 0 radical (unpaired) electrons. The fourth-order valence-electron chi connectivity index (χ4n) is 2.50. The van der Waals surface area contributed by atoms with Crippen molar-refractivity contribution < 1.29 is 9.47 Å². The van der Waals surface area contributed by atoms with E-state index in [2.05, 4.69) is 31.1 Å². The van der Waals surface area contributed by atoms with Gasteiger partial charge in [0.1, 0.15) is 5.75 Å². The molecule has 1 heterocycles. The van der Waals surface area contributed by atoms with Gasteiger partial charge in [0.15, 0.2) is 5.96 Å². The van der Waals surface area contributed by atoms with Gasteiger partial charge in [0.2, 0.25) is 0 Å². The van der Waals surface area contributed by atoms with Gasteiger partial charge in [-0.15, -0.1) is 0 Å². The van der Waals surface area contributed by atoms with E-state index in [0.29, 0.717) is 12.6 Å². The maximum atomic E-state index is 5.89. The van der Waals surface area contributed by atoms with Gasteiger partial charge in [0.25, 0.3) is 0 Å². The second-order valence-electron chi connectivity index (χ2n) is 5.92. The fraction of sp³-hybridized carbons (Fsp3) is 0.611. The van der Waals surface area contributed by atoms with E-state index in [1.165, 1.54) is 0 Å². The summed E-state index contributed by atoms with van der Waals surface area (Å²) >= 11 is 5.27. The predicted octanol–water partition coefficient (Wildman–Crippen LogP) is 2.19. The zero-order valence-corrected chi connectivity index (χ0v) is 17.6. The molecule has 2 rings (SSSR count). The Labute approximate surface area is 169 Å². The standard InChI is InChI=1S/C18H29BrN4O2S/c19-16-3-1-4-17(15-16)25-12-14-26-13-6-22-18(20)21-5-2-7-23-8-10-24-11-9-23/h1,3-4,15H,2,5-14H2,(H3,20,21,22). The number of thioether (sulfide) groups is 1. The monoisotopic (exact) mass is 444 g/mol. The molecule has 0 amide bonds. The Morgan fingerprint density at radius 1 is 1.35 bits per heavy atom. The highest BCUT2D eigenvalue weighted by Gasteiger charge is 2.08. The molecule has 0 unspecified atom stereocenters. The lowest BCUT2D eigenvalue weighted by Crippen LogP contribution is -2.37. The first-order chi connectivity index (χ1) is 12.7. The van der Waals surface area contributed by atoms with E-state index in [1.807, 2.05) is 36.0 Å². The zero-order valence-electron chi connectivity index (χ0n) is 15.2. The highest BCUT2D eigenvalue weighted by Crippen LogP contribution is 2.17. The number of nitrogens with two attached hydrogens (primary N) is 1. The van der Waals surface area contributed by atoms with E-state index in [0.717, 1.165) is 74.1 Å². The molecule has 3 N–H and O–H groups in total. The van der Waals surface area contributed by atoms with Crippen LogP contribution in [0.1, 0.15) is 6.42 Å². The first kappa shape index (κ1) is 21.3. The van der Waals surface area contributed by atoms with Gasteiger partial charge in [0.05, 0.1) is 19.8 Å². The summed E-state index contributed by atoms with van der Waals surface area (Å²) in [4.78, 5) is 6.79. The number of rotatable bonds is 11. The lowest BCUT2D eigenvalue weighted by Gasteiger charge is -2.26. The average molecular weight is 445 g/mol. The minimum atomic E-state index is 0.540. The number of aliphatic imine (C=N–C) groups is 1. The Morgan fingerprint density at radius 3 is 3.00 bits per heavy atom. The number of guanidine groups is 1. The van der Waals surface area contributed by atoms with Crippen molar-refractivity contribution in [2.75, 3.05) is 64.1 Å². The molecule has 1 aliphatic rings. The molecule has 0 atom stereocenters. The molecule has 26 heavy (non-hydrogen) atoms. The Kier molecular flexibility index (Phi) is 10.9. The molecule has 1 saturated heterocycles. The highest BCUT2D eigenvalue weighted by atomic mass is 79.9. The number of nitrogens with zero attached hydrogens (tertiary/aromatic N) is 2. The number of nitrogens with one attached hydrogen (secondary N) is 1. The molecular formula is C18H29BrN4O2S. The normalized spacial score (nSPS) is 15.8. The number of hydrogen-bond acceptors (Lipinski definition) is 5. The third kappa shape index (κ3) is 9.66. The van der Waals surface area contributed by atoms with E-state index in [-0.39, 0.29) is 0 Å². The van der Waals surface area contributed by atoms with Gasteiger partial charge in [-0.25, -0.2) is 0 Å². The van der Waals surface area contributed by atoms with Crippen LogP contribution in [0.25, 0.3) is 0 Å². The first-order valence-corrected chi connectivity index (χ1v) is 11.0. The van der Waals surface area contributed by atoms with Crippen LogP contribution in [0.3, 0.4) is 0 Å². The lowest BCUT2D eigenvalue weighted by atomic mass is 10.3. The summed E-state index contributed by atoms with van der Waals surface area (Å²) in [6.07, 6.45) is 1.03. The van der Waals surface area contributed by atoms with Crippen molar-refractivity contribution in [1.82, 2.24) is 10.2 Å². The molecule has 8 heteroatoms. The summed E-state index contributed by atoms with van der Waals surface area (Å²) in [7, 11) is 0. The Hall–Kier alpha value is -0.960. The highest BCUT2D eigenvalue weighted by molar-refractivity contribution is 9.10. The van der Waals surface area contributed by atoms with Gasteiger partial charge in [-0.3, -0.25) is 9.89 Å². The smallest absolute Gasteiger partial charge is 0.188 e. The minimum absolute atomic E-state index is 0.540. The first-order valence-electron chi connectivity index (χ1n) is 9.04. The molecule has 0 aliphatic carbocycles. The van der Waals surface area contributed by atoms with Crippen LogP contribution in [-0.4, -0.2) is 74.9 Å². The second kappa shape index (κ2) is 13.2. The number of ether oxygens (including phenoxy) is 2. The maximum absolute atomic E-state index is 5.89. The van der Waals surface area contributed by atoms with Crippen LogP contribution < -0.4 is 15.8 Å². The molecule has 0 bridgehead atoms. The van der Waals surface area contributed by atoms with Gasteiger partial charge in [-0.1, -0.05) is 22.0 Å². The third-order valence-electron chi connectivity index (χ3n) is 3.86.